The van der Waals surface area contributed by atoms with Crippen molar-refractivity contribution in [2.45, 2.75) is 166 Å². The lowest BCUT2D eigenvalue weighted by molar-refractivity contribution is 0.341. The van der Waals surface area contributed by atoms with E-state index in [0.29, 0.717) is 35.5 Å². The third-order valence-corrected chi connectivity index (χ3v) is 19.2. The van der Waals surface area contributed by atoms with Crippen LogP contribution in [-0.4, -0.2) is 40.9 Å². The van der Waals surface area contributed by atoms with E-state index in [1.165, 1.54) is 24.0 Å². The largest absolute Gasteiger partial charge is 0.508 e. The maximum Gasteiger partial charge on any atom is 0.122 e. The first kappa shape index (κ1) is 56.0. The third kappa shape index (κ3) is 11.3. The van der Waals surface area contributed by atoms with Gasteiger partial charge in [-0.3, -0.25) is 0 Å². The molecule has 0 spiro atoms. The summed E-state index contributed by atoms with van der Waals surface area (Å²) in [5.41, 5.74) is 16.1. The van der Waals surface area contributed by atoms with Gasteiger partial charge in [-0.1, -0.05) is 131 Å². The Labute approximate surface area is 484 Å². The number of benzene rings is 8. The summed E-state index contributed by atoms with van der Waals surface area (Å²) in [5.74, 6) is 1.17. The Hall–Kier alpha value is -7.84. The van der Waals surface area contributed by atoms with Crippen molar-refractivity contribution in [3.63, 3.8) is 0 Å². The third-order valence-electron chi connectivity index (χ3n) is 19.2. The highest BCUT2D eigenvalue weighted by atomic mass is 16.3. The van der Waals surface area contributed by atoms with Crippen molar-refractivity contribution >= 4 is 0 Å². The van der Waals surface area contributed by atoms with Crippen LogP contribution in [0.5, 0.6) is 46.0 Å². The molecule has 0 aromatic heterocycles. The van der Waals surface area contributed by atoms with Crippen molar-refractivity contribution in [3.05, 3.63) is 234 Å². The average Bonchev–Trinajstić information content (AvgIpc) is 2.71. The number of phenols is 8. The zero-order chi connectivity index (χ0) is 57.4. The normalized spacial score (nSPS) is 16.0. The van der Waals surface area contributed by atoms with Crippen LogP contribution < -0.4 is 0 Å². The molecule has 8 heteroatoms. The number of hydrogen-bond donors (Lipinski definition) is 8. The summed E-state index contributed by atoms with van der Waals surface area (Å²) < 4.78 is 0. The van der Waals surface area contributed by atoms with Crippen LogP contribution in [0, 0.1) is 27.7 Å². The van der Waals surface area contributed by atoms with Crippen LogP contribution in [0.15, 0.2) is 133 Å². The molecule has 0 aliphatic heterocycles. The fourth-order valence-corrected chi connectivity index (χ4v) is 14.9. The molecular weight excluding hydrogens is 1020 g/mol. The second-order valence-corrected chi connectivity index (χ2v) is 24.6. The quantitative estimate of drug-likeness (QED) is 0.0499. The minimum Gasteiger partial charge on any atom is -0.508 e. The molecule has 0 heterocycles. The van der Waals surface area contributed by atoms with Crippen LogP contribution in [-0.2, 0) is 18.3 Å². The van der Waals surface area contributed by atoms with Crippen molar-refractivity contribution in [3.8, 4) is 46.0 Å². The predicted molar refractivity (Wildman–Crippen MR) is 327 cm³/mol. The Bertz CT molecular complexity index is 3310. The van der Waals surface area contributed by atoms with E-state index in [0.717, 1.165) is 161 Å². The molecule has 8 aromatic rings. The van der Waals surface area contributed by atoms with Crippen molar-refractivity contribution < 1.29 is 40.9 Å². The van der Waals surface area contributed by atoms with Gasteiger partial charge in [-0.25, -0.2) is 0 Å². The highest BCUT2D eigenvalue weighted by Crippen LogP contribution is 2.52. The highest BCUT2D eigenvalue weighted by Gasteiger charge is 2.39. The Balaban J connectivity index is 1.05. The second-order valence-electron chi connectivity index (χ2n) is 24.6. The van der Waals surface area contributed by atoms with Gasteiger partial charge in [0, 0.05) is 41.2 Å². The molecule has 0 radical (unpaired) electrons. The van der Waals surface area contributed by atoms with Gasteiger partial charge in [-0.05, 0) is 228 Å². The molecule has 82 heavy (non-hydrogen) atoms. The molecule has 8 N–H and O–H groups in total. The van der Waals surface area contributed by atoms with Crippen LogP contribution in [0.4, 0.5) is 0 Å². The fraction of sp³-hybridized carbons (Fsp3) is 0.351. The first-order valence-corrected chi connectivity index (χ1v) is 30.1. The van der Waals surface area contributed by atoms with Crippen molar-refractivity contribution in [1.29, 1.82) is 0 Å². The van der Waals surface area contributed by atoms with Gasteiger partial charge in [-0.2, -0.15) is 0 Å². The van der Waals surface area contributed by atoms with Gasteiger partial charge in [0.1, 0.15) is 46.0 Å². The van der Waals surface area contributed by atoms with Crippen LogP contribution in [0.3, 0.4) is 0 Å². The minimum absolute atomic E-state index is 0.135. The average molecular weight is 1100 g/mol. The first-order chi connectivity index (χ1) is 39.5. The SMILES string of the molecule is Cc1cc(O)ccc1C(c1ccc(O)cc1C)c1cc(Cc2cc(C3(c4cc(Cc5ccc(O)c(C(c6ccc(O)cc6C)c6ccc(O)cc6C)c5)c(O)c(C5CCCCC5)c4)CCCCC3)cc(C3CCCCC3)c2O)ccc1O. The number of hydrogen-bond acceptors (Lipinski definition) is 8. The van der Waals surface area contributed by atoms with Gasteiger partial charge in [0.25, 0.3) is 0 Å². The Morgan fingerprint density at radius 2 is 0.683 bits per heavy atom. The van der Waals surface area contributed by atoms with Gasteiger partial charge in [0.05, 0.1) is 0 Å². The molecule has 3 fully saturated rings. The van der Waals surface area contributed by atoms with E-state index in [2.05, 4.69) is 36.4 Å². The topological polar surface area (TPSA) is 162 Å². The number of aryl methyl sites for hydroxylation is 4. The van der Waals surface area contributed by atoms with Crippen LogP contribution in [0.1, 0.15) is 220 Å². The predicted octanol–water partition coefficient (Wildman–Crippen LogP) is 17.5. The lowest BCUT2D eigenvalue weighted by Gasteiger charge is -2.41. The smallest absolute Gasteiger partial charge is 0.122 e. The summed E-state index contributed by atoms with van der Waals surface area (Å²) >= 11 is 0. The zero-order valence-corrected chi connectivity index (χ0v) is 48.1. The molecule has 11 rings (SSSR count). The van der Waals surface area contributed by atoms with Gasteiger partial charge in [-0.15, -0.1) is 0 Å². The van der Waals surface area contributed by atoms with Gasteiger partial charge in [0.2, 0.25) is 0 Å². The van der Waals surface area contributed by atoms with Crippen LogP contribution in [0.2, 0.25) is 0 Å². The molecule has 0 bridgehead atoms. The fourth-order valence-electron chi connectivity index (χ4n) is 14.9. The summed E-state index contributed by atoms with van der Waals surface area (Å²) in [6.45, 7) is 7.86. The molecule has 0 amide bonds. The lowest BCUT2D eigenvalue weighted by Crippen LogP contribution is -2.31. The lowest BCUT2D eigenvalue weighted by atomic mass is 9.63. The van der Waals surface area contributed by atoms with Gasteiger partial charge >= 0.3 is 0 Å². The highest BCUT2D eigenvalue weighted by molar-refractivity contribution is 5.61. The number of phenolic OH excluding ortho intramolecular Hbond substituents is 8. The summed E-state index contributed by atoms with van der Waals surface area (Å²) in [7, 11) is 0. The van der Waals surface area contributed by atoms with E-state index >= 15 is 0 Å². The maximum absolute atomic E-state index is 12.8. The van der Waals surface area contributed by atoms with E-state index in [4.69, 9.17) is 0 Å². The van der Waals surface area contributed by atoms with E-state index < -0.39 is 17.3 Å². The van der Waals surface area contributed by atoms with Crippen molar-refractivity contribution in [2.75, 3.05) is 0 Å². The molecule has 424 valence electrons. The van der Waals surface area contributed by atoms with Gasteiger partial charge in [0.15, 0.2) is 0 Å². The van der Waals surface area contributed by atoms with E-state index in [1.807, 2.05) is 64.1 Å². The summed E-state index contributed by atoms with van der Waals surface area (Å²) in [5, 5.41) is 91.3. The molecule has 8 nitrogen and oxygen atoms in total. The summed E-state index contributed by atoms with van der Waals surface area (Å²) in [6.07, 6.45) is 16.7. The van der Waals surface area contributed by atoms with Gasteiger partial charge < -0.3 is 40.9 Å². The van der Waals surface area contributed by atoms with Crippen molar-refractivity contribution in [2.24, 2.45) is 0 Å². The molecule has 3 saturated carbocycles. The molecule has 8 aromatic carbocycles. The maximum atomic E-state index is 12.8. The molecule has 0 unspecified atom stereocenters. The second kappa shape index (κ2) is 23.6. The molecule has 0 atom stereocenters. The molecule has 3 aliphatic carbocycles. The molecular formula is C74H80O8. The van der Waals surface area contributed by atoms with E-state index in [-0.39, 0.29) is 46.3 Å². The number of aromatic hydroxyl groups is 8. The van der Waals surface area contributed by atoms with E-state index in [1.54, 1.807) is 60.7 Å². The van der Waals surface area contributed by atoms with Crippen molar-refractivity contribution in [1.82, 2.24) is 0 Å². The summed E-state index contributed by atoms with van der Waals surface area (Å²) in [4.78, 5) is 0. The first-order valence-electron chi connectivity index (χ1n) is 30.1. The zero-order valence-electron chi connectivity index (χ0n) is 48.1. The van der Waals surface area contributed by atoms with Crippen LogP contribution in [0.25, 0.3) is 0 Å². The Morgan fingerprint density at radius 3 is 1.01 bits per heavy atom. The molecule has 0 saturated heterocycles. The molecule has 3 aliphatic rings. The Kier molecular flexibility index (Phi) is 16.1. The Morgan fingerprint density at radius 1 is 0.354 bits per heavy atom. The van der Waals surface area contributed by atoms with Crippen LogP contribution >= 0.6 is 0 Å². The monoisotopic (exact) mass is 1100 g/mol. The minimum atomic E-state index is -0.425. The van der Waals surface area contributed by atoms with E-state index in [9.17, 15) is 40.9 Å². The number of rotatable bonds is 14. The summed E-state index contributed by atoms with van der Waals surface area (Å²) in [6, 6.07) is 42.2. The standard InChI is InChI=1S/C74H80O8/c1-44-32-56(75)20-24-60(44)70(61-25-21-57(76)33-45(61)2)66-38-48(18-28-68(66)79)36-52-40-54(42-64(72(52)81)50-14-8-5-9-15-50)74(30-12-7-13-31-74)55-41-53(73(82)65(43-55)51-16-10-6-11-17-51)37-49-19-29-69(80)67(39-49)71(62-26-22-58(77)34-46(62)3)63-27-23-59(78)35-47(63)4/h18-29,32-35,38-43,50-51,70-71,75-82H,5-17,30-31,36-37H2,1-4H3.